The van der Waals surface area contributed by atoms with E-state index in [1.54, 1.807) is 17.0 Å². The fraction of sp³-hybridized carbons (Fsp3) is 0.333. The summed E-state index contributed by atoms with van der Waals surface area (Å²) < 4.78 is 39.7. The zero-order valence-electron chi connectivity index (χ0n) is 16.4. The number of rotatable bonds is 7. The average Bonchev–Trinajstić information content (AvgIpc) is 2.75. The van der Waals surface area contributed by atoms with E-state index in [2.05, 4.69) is 15.7 Å². The van der Waals surface area contributed by atoms with E-state index < -0.39 is 15.8 Å². The number of nitriles is 1. The van der Waals surface area contributed by atoms with Crippen molar-refractivity contribution in [2.45, 2.75) is 17.9 Å². The maximum Gasteiger partial charge on any atom is 0.240 e. The van der Waals surface area contributed by atoms with Gasteiger partial charge in [-0.25, -0.2) is 17.5 Å². The monoisotopic (exact) mass is 430 g/mol. The molecule has 1 heterocycles. The van der Waals surface area contributed by atoms with Gasteiger partial charge in [0.25, 0.3) is 0 Å². The van der Waals surface area contributed by atoms with Gasteiger partial charge in [0.15, 0.2) is 0 Å². The number of sulfonamides is 1. The van der Waals surface area contributed by atoms with Gasteiger partial charge in [-0.15, -0.1) is 0 Å². The molecule has 1 aliphatic rings. The Balaban J connectivity index is 1.41. The molecule has 1 aliphatic heterocycles. The molecule has 0 unspecified atom stereocenters. The molecule has 2 aromatic rings. The second kappa shape index (κ2) is 9.80. The first-order valence-corrected chi connectivity index (χ1v) is 11.1. The highest BCUT2D eigenvalue weighted by atomic mass is 32.2. The third-order valence-corrected chi connectivity index (χ3v) is 6.45. The quantitative estimate of drug-likeness (QED) is 0.722. The molecule has 0 spiro atoms. The molecule has 1 amide bonds. The summed E-state index contributed by atoms with van der Waals surface area (Å²) in [5.74, 6) is -0.614. The summed E-state index contributed by atoms with van der Waals surface area (Å²) in [6.45, 7) is 3.37. The van der Waals surface area contributed by atoms with Gasteiger partial charge in [-0.3, -0.25) is 9.69 Å². The Kier molecular flexibility index (Phi) is 7.15. The summed E-state index contributed by atoms with van der Waals surface area (Å²) >= 11 is 0. The first-order chi connectivity index (χ1) is 14.4. The van der Waals surface area contributed by atoms with E-state index in [0.717, 1.165) is 37.3 Å². The molecule has 0 aromatic heterocycles. The Hall–Kier alpha value is -2.80. The van der Waals surface area contributed by atoms with Gasteiger partial charge in [0.2, 0.25) is 15.9 Å². The van der Waals surface area contributed by atoms with Crippen LogP contribution in [0.4, 0.5) is 4.39 Å². The lowest BCUT2D eigenvalue weighted by Gasteiger charge is -2.34. The number of amides is 1. The number of carbonyl (C=O) groups excluding carboxylic acids is 1. The fourth-order valence-corrected chi connectivity index (χ4v) is 4.28. The molecule has 3 rings (SSSR count). The molecule has 0 radical (unpaired) electrons. The van der Waals surface area contributed by atoms with E-state index in [1.807, 2.05) is 12.1 Å². The summed E-state index contributed by atoms with van der Waals surface area (Å²) in [6, 6.07) is 14.1. The fourth-order valence-electron chi connectivity index (χ4n) is 3.25. The molecule has 0 aliphatic carbocycles. The van der Waals surface area contributed by atoms with Crippen molar-refractivity contribution in [1.82, 2.24) is 14.5 Å². The number of hydrogen-bond donors (Lipinski definition) is 1. The number of hydrogen-bond acceptors (Lipinski definition) is 5. The van der Waals surface area contributed by atoms with Gasteiger partial charge in [0, 0.05) is 45.7 Å². The van der Waals surface area contributed by atoms with Crippen molar-refractivity contribution >= 4 is 15.9 Å². The van der Waals surface area contributed by atoms with Crippen LogP contribution in [0.3, 0.4) is 0 Å². The Morgan fingerprint density at radius 2 is 1.67 bits per heavy atom. The molecule has 30 heavy (non-hydrogen) atoms. The van der Waals surface area contributed by atoms with Crippen molar-refractivity contribution in [2.75, 3.05) is 32.7 Å². The first kappa shape index (κ1) is 21.9. The summed E-state index contributed by atoms with van der Waals surface area (Å²) in [5.41, 5.74) is 1.74. The highest BCUT2D eigenvalue weighted by Gasteiger charge is 2.22. The lowest BCUT2D eigenvalue weighted by Crippen LogP contribution is -2.48. The average molecular weight is 431 g/mol. The Bertz CT molecular complexity index is 1010. The third kappa shape index (κ3) is 5.86. The van der Waals surface area contributed by atoms with E-state index >= 15 is 0 Å². The molecule has 1 fully saturated rings. The highest BCUT2D eigenvalue weighted by molar-refractivity contribution is 7.89. The standard InChI is InChI=1S/C21H23FN4O3S/c22-19-5-7-20(8-6-19)30(28,29)24-10-9-21(27)26-13-11-25(12-14-26)16-18-3-1-17(15-23)2-4-18/h1-8,24H,9-14,16H2. The van der Waals surface area contributed by atoms with Crippen molar-refractivity contribution in [3.8, 4) is 6.07 Å². The van der Waals surface area contributed by atoms with Gasteiger partial charge in [-0.2, -0.15) is 5.26 Å². The Morgan fingerprint density at radius 3 is 2.27 bits per heavy atom. The topological polar surface area (TPSA) is 93.5 Å². The zero-order chi connectivity index (χ0) is 21.6. The van der Waals surface area contributed by atoms with E-state index in [-0.39, 0.29) is 23.8 Å². The highest BCUT2D eigenvalue weighted by Crippen LogP contribution is 2.12. The van der Waals surface area contributed by atoms with Crippen molar-refractivity contribution in [3.63, 3.8) is 0 Å². The van der Waals surface area contributed by atoms with Gasteiger partial charge in [-0.1, -0.05) is 12.1 Å². The molecule has 1 N–H and O–H groups in total. The van der Waals surface area contributed by atoms with Crippen molar-refractivity contribution in [3.05, 3.63) is 65.5 Å². The summed E-state index contributed by atoms with van der Waals surface area (Å²) in [5, 5.41) is 8.86. The predicted molar refractivity (Wildman–Crippen MR) is 109 cm³/mol. The minimum atomic E-state index is -3.77. The summed E-state index contributed by atoms with van der Waals surface area (Å²) in [7, 11) is -3.77. The van der Waals surface area contributed by atoms with Crippen LogP contribution in [-0.4, -0.2) is 56.8 Å². The maximum atomic E-state index is 12.9. The minimum absolute atomic E-state index is 0.00992. The predicted octanol–water partition coefficient (Wildman–Crippen LogP) is 1.71. The molecule has 0 saturated carbocycles. The molecule has 1 saturated heterocycles. The lowest BCUT2D eigenvalue weighted by molar-refractivity contribution is -0.132. The molecule has 158 valence electrons. The van der Waals surface area contributed by atoms with Crippen LogP contribution in [0, 0.1) is 17.1 Å². The third-order valence-electron chi connectivity index (χ3n) is 4.97. The van der Waals surface area contributed by atoms with Crippen LogP contribution in [0.5, 0.6) is 0 Å². The lowest BCUT2D eigenvalue weighted by atomic mass is 10.1. The van der Waals surface area contributed by atoms with Gasteiger partial charge in [0.05, 0.1) is 16.5 Å². The SMILES string of the molecule is N#Cc1ccc(CN2CCN(C(=O)CCNS(=O)(=O)c3ccc(F)cc3)CC2)cc1. The molecule has 9 heteroatoms. The summed E-state index contributed by atoms with van der Waals surface area (Å²) in [4.78, 5) is 16.3. The van der Waals surface area contributed by atoms with Crippen LogP contribution in [0.25, 0.3) is 0 Å². The molecule has 2 aromatic carbocycles. The number of carbonyl (C=O) groups is 1. The van der Waals surface area contributed by atoms with E-state index in [1.165, 1.54) is 12.1 Å². The number of nitrogens with one attached hydrogen (secondary N) is 1. The number of halogens is 1. The van der Waals surface area contributed by atoms with Crippen LogP contribution in [0.15, 0.2) is 53.4 Å². The molecule has 7 nitrogen and oxygen atoms in total. The van der Waals surface area contributed by atoms with Crippen LogP contribution < -0.4 is 4.72 Å². The first-order valence-electron chi connectivity index (χ1n) is 9.62. The molecular formula is C21H23FN4O3S. The number of nitrogens with zero attached hydrogens (tertiary/aromatic N) is 3. The zero-order valence-corrected chi connectivity index (χ0v) is 17.2. The molecule has 0 bridgehead atoms. The maximum absolute atomic E-state index is 12.9. The van der Waals surface area contributed by atoms with E-state index in [0.29, 0.717) is 18.7 Å². The largest absolute Gasteiger partial charge is 0.340 e. The normalized spacial score (nSPS) is 15.0. The second-order valence-electron chi connectivity index (χ2n) is 7.07. The van der Waals surface area contributed by atoms with Crippen LogP contribution >= 0.6 is 0 Å². The van der Waals surface area contributed by atoms with Crippen LogP contribution in [0.2, 0.25) is 0 Å². The van der Waals surface area contributed by atoms with Crippen LogP contribution in [0.1, 0.15) is 17.5 Å². The smallest absolute Gasteiger partial charge is 0.240 e. The second-order valence-corrected chi connectivity index (χ2v) is 8.83. The van der Waals surface area contributed by atoms with E-state index in [9.17, 15) is 17.6 Å². The minimum Gasteiger partial charge on any atom is -0.340 e. The van der Waals surface area contributed by atoms with E-state index in [4.69, 9.17) is 5.26 Å². The summed E-state index contributed by atoms with van der Waals surface area (Å²) in [6.07, 6.45) is 0.0655. The van der Waals surface area contributed by atoms with Crippen molar-refractivity contribution in [2.24, 2.45) is 0 Å². The molecular weight excluding hydrogens is 407 g/mol. The van der Waals surface area contributed by atoms with Gasteiger partial charge in [0.1, 0.15) is 5.82 Å². The number of piperazine rings is 1. The number of benzene rings is 2. The Labute approximate surface area is 175 Å². The van der Waals surface area contributed by atoms with Crippen LogP contribution in [-0.2, 0) is 21.4 Å². The van der Waals surface area contributed by atoms with Crippen molar-refractivity contribution in [1.29, 1.82) is 5.26 Å². The van der Waals surface area contributed by atoms with Gasteiger partial charge < -0.3 is 4.90 Å². The Morgan fingerprint density at radius 1 is 1.03 bits per heavy atom. The van der Waals surface area contributed by atoms with Crippen molar-refractivity contribution < 1.29 is 17.6 Å². The van der Waals surface area contributed by atoms with Gasteiger partial charge in [-0.05, 0) is 42.0 Å². The molecule has 0 atom stereocenters. The van der Waals surface area contributed by atoms with Gasteiger partial charge >= 0.3 is 0 Å².